The number of hydrogen-bond donors (Lipinski definition) is 2. The van der Waals surface area contributed by atoms with E-state index in [-0.39, 0.29) is 18.4 Å². The quantitative estimate of drug-likeness (QED) is 0.613. The highest BCUT2D eigenvalue weighted by atomic mass is 16.5. The van der Waals surface area contributed by atoms with Crippen molar-refractivity contribution in [2.75, 3.05) is 39.3 Å². The normalized spacial score (nSPS) is 10.2. The van der Waals surface area contributed by atoms with E-state index in [9.17, 15) is 9.59 Å². The fourth-order valence-corrected chi connectivity index (χ4v) is 2.53. The van der Waals surface area contributed by atoms with Gasteiger partial charge in [0, 0.05) is 20.3 Å². The standard InChI is InChI=1S/C21H26N2O5/c1-15-9-10-18(19(13-15)27-3)28-14-20(24)23-17-8-5-4-7-16(17)21(25)22-11-6-12-26-2/h4-5,7-10,13H,6,11-12,14H2,1-3H3,(H,22,25)(H,23,24). The van der Waals surface area contributed by atoms with Gasteiger partial charge in [0.2, 0.25) is 0 Å². The van der Waals surface area contributed by atoms with Crippen LogP contribution < -0.4 is 20.1 Å². The number of anilines is 1. The number of para-hydroxylation sites is 1. The molecule has 2 aromatic carbocycles. The van der Waals surface area contributed by atoms with Gasteiger partial charge in [-0.15, -0.1) is 0 Å². The molecular formula is C21H26N2O5. The summed E-state index contributed by atoms with van der Waals surface area (Å²) < 4.78 is 15.8. The molecule has 0 bridgehead atoms. The van der Waals surface area contributed by atoms with Gasteiger partial charge in [-0.25, -0.2) is 0 Å². The summed E-state index contributed by atoms with van der Waals surface area (Å²) in [5.41, 5.74) is 1.84. The SMILES string of the molecule is COCCCNC(=O)c1ccccc1NC(=O)COc1ccc(C)cc1OC. The zero-order valence-corrected chi connectivity index (χ0v) is 16.4. The van der Waals surface area contributed by atoms with E-state index in [0.29, 0.717) is 42.3 Å². The van der Waals surface area contributed by atoms with Gasteiger partial charge < -0.3 is 24.8 Å². The monoisotopic (exact) mass is 386 g/mol. The Morgan fingerprint density at radius 1 is 1.04 bits per heavy atom. The van der Waals surface area contributed by atoms with E-state index in [4.69, 9.17) is 14.2 Å². The van der Waals surface area contributed by atoms with Gasteiger partial charge in [0.25, 0.3) is 11.8 Å². The van der Waals surface area contributed by atoms with E-state index in [1.165, 1.54) is 0 Å². The Bertz CT molecular complexity index is 807. The lowest BCUT2D eigenvalue weighted by molar-refractivity contribution is -0.118. The van der Waals surface area contributed by atoms with Crippen molar-refractivity contribution in [3.05, 3.63) is 53.6 Å². The van der Waals surface area contributed by atoms with Gasteiger partial charge in [-0.3, -0.25) is 9.59 Å². The molecule has 0 atom stereocenters. The molecule has 0 spiro atoms. The number of hydrogen-bond acceptors (Lipinski definition) is 5. The Hall–Kier alpha value is -3.06. The Kier molecular flexibility index (Phi) is 8.30. The number of aryl methyl sites for hydroxylation is 1. The van der Waals surface area contributed by atoms with Crippen LogP contribution in [0.1, 0.15) is 22.3 Å². The first-order valence-electron chi connectivity index (χ1n) is 8.98. The molecule has 7 heteroatoms. The van der Waals surface area contributed by atoms with Crippen LogP contribution >= 0.6 is 0 Å². The summed E-state index contributed by atoms with van der Waals surface area (Å²) in [5, 5.41) is 5.53. The van der Waals surface area contributed by atoms with E-state index in [2.05, 4.69) is 10.6 Å². The summed E-state index contributed by atoms with van der Waals surface area (Å²) in [6, 6.07) is 12.3. The zero-order valence-electron chi connectivity index (χ0n) is 16.4. The molecule has 28 heavy (non-hydrogen) atoms. The van der Waals surface area contributed by atoms with E-state index < -0.39 is 0 Å². The second-order valence-corrected chi connectivity index (χ2v) is 6.14. The average Bonchev–Trinajstić information content (AvgIpc) is 2.70. The molecular weight excluding hydrogens is 360 g/mol. The summed E-state index contributed by atoms with van der Waals surface area (Å²) in [5.74, 6) is 0.409. The molecule has 150 valence electrons. The highest BCUT2D eigenvalue weighted by Crippen LogP contribution is 2.27. The molecule has 0 aromatic heterocycles. The maximum absolute atomic E-state index is 12.4. The van der Waals surface area contributed by atoms with Gasteiger partial charge >= 0.3 is 0 Å². The summed E-state index contributed by atoms with van der Waals surface area (Å²) in [6.45, 7) is 2.79. The maximum atomic E-state index is 12.4. The Balaban J connectivity index is 1.96. The predicted molar refractivity (Wildman–Crippen MR) is 107 cm³/mol. The van der Waals surface area contributed by atoms with Crippen molar-refractivity contribution in [2.45, 2.75) is 13.3 Å². The summed E-state index contributed by atoms with van der Waals surface area (Å²) in [7, 11) is 3.16. The van der Waals surface area contributed by atoms with Crippen molar-refractivity contribution >= 4 is 17.5 Å². The molecule has 2 amide bonds. The third-order valence-electron chi connectivity index (χ3n) is 3.93. The highest BCUT2D eigenvalue weighted by Gasteiger charge is 2.14. The molecule has 2 aromatic rings. The van der Waals surface area contributed by atoms with Crippen LogP contribution in [0.2, 0.25) is 0 Å². The van der Waals surface area contributed by atoms with Gasteiger partial charge in [-0.1, -0.05) is 18.2 Å². The average molecular weight is 386 g/mol. The molecule has 2 N–H and O–H groups in total. The lowest BCUT2D eigenvalue weighted by Crippen LogP contribution is -2.27. The number of ether oxygens (including phenoxy) is 3. The molecule has 0 aliphatic carbocycles. The molecule has 0 aliphatic heterocycles. The van der Waals surface area contributed by atoms with Gasteiger partial charge in [-0.2, -0.15) is 0 Å². The van der Waals surface area contributed by atoms with Crippen molar-refractivity contribution < 1.29 is 23.8 Å². The molecule has 0 fully saturated rings. The second-order valence-electron chi connectivity index (χ2n) is 6.14. The minimum atomic E-state index is -0.373. The van der Waals surface area contributed by atoms with Crippen LogP contribution in [0, 0.1) is 6.92 Å². The van der Waals surface area contributed by atoms with Crippen LogP contribution in [-0.2, 0) is 9.53 Å². The van der Waals surface area contributed by atoms with E-state index >= 15 is 0 Å². The first-order chi connectivity index (χ1) is 13.5. The molecule has 2 rings (SSSR count). The van der Waals surface area contributed by atoms with Crippen LogP contribution in [0.5, 0.6) is 11.5 Å². The van der Waals surface area contributed by atoms with Crippen molar-refractivity contribution in [1.29, 1.82) is 0 Å². The van der Waals surface area contributed by atoms with E-state index in [1.54, 1.807) is 44.6 Å². The first kappa shape index (κ1) is 21.2. The second kappa shape index (κ2) is 10.9. The van der Waals surface area contributed by atoms with Crippen LogP contribution in [0.15, 0.2) is 42.5 Å². The fraction of sp³-hybridized carbons (Fsp3) is 0.333. The van der Waals surface area contributed by atoms with Gasteiger partial charge in [0.15, 0.2) is 18.1 Å². The van der Waals surface area contributed by atoms with Gasteiger partial charge in [0.05, 0.1) is 18.4 Å². The Morgan fingerprint density at radius 2 is 1.82 bits per heavy atom. The number of carbonyl (C=O) groups is 2. The zero-order chi connectivity index (χ0) is 20.4. The molecule has 0 saturated heterocycles. The molecule has 0 heterocycles. The fourth-order valence-electron chi connectivity index (χ4n) is 2.53. The van der Waals surface area contributed by atoms with Crippen molar-refractivity contribution in [1.82, 2.24) is 5.32 Å². The molecule has 0 unspecified atom stereocenters. The van der Waals surface area contributed by atoms with Crippen molar-refractivity contribution in [3.8, 4) is 11.5 Å². The highest BCUT2D eigenvalue weighted by molar-refractivity contribution is 6.04. The summed E-state index contributed by atoms with van der Waals surface area (Å²) in [4.78, 5) is 24.7. The molecule has 0 radical (unpaired) electrons. The van der Waals surface area contributed by atoms with E-state index in [1.807, 2.05) is 19.1 Å². The van der Waals surface area contributed by atoms with Gasteiger partial charge in [0.1, 0.15) is 0 Å². The van der Waals surface area contributed by atoms with Crippen LogP contribution in [-0.4, -0.2) is 45.8 Å². The van der Waals surface area contributed by atoms with Crippen LogP contribution in [0.25, 0.3) is 0 Å². The van der Waals surface area contributed by atoms with E-state index in [0.717, 1.165) is 5.56 Å². The maximum Gasteiger partial charge on any atom is 0.262 e. The minimum Gasteiger partial charge on any atom is -0.493 e. The third kappa shape index (κ3) is 6.28. The van der Waals surface area contributed by atoms with Crippen LogP contribution in [0.3, 0.4) is 0 Å². The van der Waals surface area contributed by atoms with Crippen molar-refractivity contribution in [3.63, 3.8) is 0 Å². The molecule has 0 aliphatic rings. The minimum absolute atomic E-state index is 0.205. The predicted octanol–water partition coefficient (Wildman–Crippen LogP) is 2.79. The smallest absolute Gasteiger partial charge is 0.262 e. The lowest BCUT2D eigenvalue weighted by Gasteiger charge is -2.13. The topological polar surface area (TPSA) is 85.9 Å². The van der Waals surface area contributed by atoms with Crippen LogP contribution in [0.4, 0.5) is 5.69 Å². The third-order valence-corrected chi connectivity index (χ3v) is 3.93. The summed E-state index contributed by atoms with van der Waals surface area (Å²) >= 11 is 0. The Morgan fingerprint density at radius 3 is 2.57 bits per heavy atom. The number of benzene rings is 2. The summed E-state index contributed by atoms with van der Waals surface area (Å²) in [6.07, 6.45) is 0.711. The first-order valence-corrected chi connectivity index (χ1v) is 8.98. The number of carbonyl (C=O) groups excluding carboxylic acids is 2. The number of amides is 2. The number of nitrogens with one attached hydrogen (secondary N) is 2. The number of methoxy groups -OCH3 is 2. The number of rotatable bonds is 10. The molecule has 0 saturated carbocycles. The van der Waals surface area contributed by atoms with Crippen molar-refractivity contribution in [2.24, 2.45) is 0 Å². The Labute approximate surface area is 165 Å². The lowest BCUT2D eigenvalue weighted by atomic mass is 10.1. The molecule has 7 nitrogen and oxygen atoms in total. The largest absolute Gasteiger partial charge is 0.493 e. The van der Waals surface area contributed by atoms with Gasteiger partial charge in [-0.05, 0) is 43.2 Å².